The van der Waals surface area contributed by atoms with Gasteiger partial charge in [0.1, 0.15) is 0 Å². The van der Waals surface area contributed by atoms with Crippen molar-refractivity contribution >= 4 is 21.9 Å². The first-order valence-corrected chi connectivity index (χ1v) is 3.75. The molecule has 0 atom stereocenters. The molecule has 0 amide bonds. The van der Waals surface area contributed by atoms with Crippen LogP contribution in [0.1, 0.15) is 0 Å². The average molecular weight is 215 g/mol. The maximum absolute atomic E-state index is 10.6. The van der Waals surface area contributed by atoms with Gasteiger partial charge in [0.25, 0.3) is 0 Å². The highest BCUT2D eigenvalue weighted by Gasteiger charge is 1.90. The molecule has 0 aromatic carbocycles. The minimum atomic E-state index is -0.416. The van der Waals surface area contributed by atoms with Crippen LogP contribution in [0.25, 0.3) is 0 Å². The number of esters is 1. The van der Waals surface area contributed by atoms with Crippen molar-refractivity contribution in [3.63, 3.8) is 0 Å². The van der Waals surface area contributed by atoms with E-state index in [9.17, 15) is 4.79 Å². The van der Waals surface area contributed by atoms with Crippen molar-refractivity contribution in [2.75, 3.05) is 6.61 Å². The van der Waals surface area contributed by atoms with E-state index in [0.29, 0.717) is 0 Å². The van der Waals surface area contributed by atoms with Gasteiger partial charge in [-0.15, -0.1) is 0 Å². The average Bonchev–Trinajstić information content (AvgIpc) is 1.99. The van der Waals surface area contributed by atoms with Crippen LogP contribution in [-0.2, 0) is 9.53 Å². The molecule has 0 aromatic rings. The molecule has 2 nitrogen and oxygen atoms in total. The lowest BCUT2D eigenvalue weighted by molar-refractivity contribution is -0.136. The maximum atomic E-state index is 10.6. The van der Waals surface area contributed by atoms with Crippen LogP contribution in [0.3, 0.4) is 0 Å². The first kappa shape index (κ1) is 9.99. The summed E-state index contributed by atoms with van der Waals surface area (Å²) in [5.41, 5.74) is 0. The first-order chi connectivity index (χ1) is 5.31. The summed E-state index contributed by atoms with van der Waals surface area (Å²) >= 11 is 2.94. The van der Waals surface area contributed by atoms with Crippen LogP contribution < -0.4 is 0 Å². The number of halogens is 1. The zero-order chi connectivity index (χ0) is 8.53. The van der Waals surface area contributed by atoms with Crippen molar-refractivity contribution in [1.82, 2.24) is 0 Å². The fourth-order valence-electron chi connectivity index (χ4n) is 0.321. The Morgan fingerprint density at radius 1 is 1.73 bits per heavy atom. The molecule has 0 bridgehead atoms. The second-order valence-corrected chi connectivity index (χ2v) is 1.95. The molecular weight excluding hydrogens is 208 g/mol. The van der Waals surface area contributed by atoms with Gasteiger partial charge in [0, 0.05) is 6.08 Å². The number of carbonyl (C=O) groups is 1. The van der Waals surface area contributed by atoms with Crippen LogP contribution in [0, 0.1) is 11.8 Å². The second kappa shape index (κ2) is 7.10. The Bertz CT molecular complexity index is 220. The SMILES string of the molecule is C=CC#CCOC(=O)/C=C\Br. The van der Waals surface area contributed by atoms with E-state index in [2.05, 4.69) is 39.1 Å². The molecule has 0 aromatic heterocycles. The molecule has 3 heteroatoms. The Kier molecular flexibility index (Phi) is 6.45. The third-order valence-electron chi connectivity index (χ3n) is 0.690. The molecule has 0 aliphatic carbocycles. The second-order valence-electron chi connectivity index (χ2n) is 1.43. The largest absolute Gasteiger partial charge is 0.449 e. The summed E-state index contributed by atoms with van der Waals surface area (Å²) in [5, 5.41) is 0. The Morgan fingerprint density at radius 3 is 3.00 bits per heavy atom. The van der Waals surface area contributed by atoms with Gasteiger partial charge in [-0.1, -0.05) is 34.3 Å². The molecule has 0 radical (unpaired) electrons. The molecule has 0 spiro atoms. The predicted molar refractivity (Wildman–Crippen MR) is 47.0 cm³/mol. The van der Waals surface area contributed by atoms with E-state index in [0.717, 1.165) is 0 Å². The Balaban J connectivity index is 3.54. The van der Waals surface area contributed by atoms with Gasteiger partial charge in [-0.3, -0.25) is 0 Å². The van der Waals surface area contributed by atoms with Gasteiger partial charge < -0.3 is 4.74 Å². The van der Waals surface area contributed by atoms with Crippen LogP contribution in [0.15, 0.2) is 23.7 Å². The van der Waals surface area contributed by atoms with Gasteiger partial charge in [0.05, 0.1) is 0 Å². The molecule has 0 aliphatic heterocycles. The van der Waals surface area contributed by atoms with E-state index in [4.69, 9.17) is 0 Å². The summed E-state index contributed by atoms with van der Waals surface area (Å²) < 4.78 is 4.61. The Morgan fingerprint density at radius 2 is 2.45 bits per heavy atom. The van der Waals surface area contributed by atoms with Crippen molar-refractivity contribution in [3.05, 3.63) is 23.7 Å². The molecule has 0 unspecified atom stereocenters. The highest BCUT2D eigenvalue weighted by atomic mass is 79.9. The summed E-state index contributed by atoms with van der Waals surface area (Å²) in [7, 11) is 0. The summed E-state index contributed by atoms with van der Waals surface area (Å²) in [6.07, 6.45) is 2.70. The normalized spacial score (nSPS) is 8.45. The number of rotatable bonds is 2. The van der Waals surface area contributed by atoms with Crippen LogP contribution in [0.5, 0.6) is 0 Å². The molecule has 0 rings (SSSR count). The molecule has 58 valence electrons. The number of hydrogen-bond donors (Lipinski definition) is 0. The molecule has 11 heavy (non-hydrogen) atoms. The monoisotopic (exact) mass is 214 g/mol. The summed E-state index contributed by atoms with van der Waals surface area (Å²) in [6, 6.07) is 0. The van der Waals surface area contributed by atoms with Crippen molar-refractivity contribution < 1.29 is 9.53 Å². The lowest BCUT2D eigenvalue weighted by Gasteiger charge is -1.91. The smallest absolute Gasteiger partial charge is 0.332 e. The molecule has 0 saturated heterocycles. The zero-order valence-electron chi connectivity index (χ0n) is 5.84. The van der Waals surface area contributed by atoms with Crippen LogP contribution in [0.4, 0.5) is 0 Å². The molecule has 0 heterocycles. The molecular formula is C8H7BrO2. The maximum Gasteiger partial charge on any atom is 0.332 e. The van der Waals surface area contributed by atoms with Crippen molar-refractivity contribution in [2.24, 2.45) is 0 Å². The Labute approximate surface area is 74.1 Å². The lowest BCUT2D eigenvalue weighted by atomic mass is 10.6. The van der Waals surface area contributed by atoms with Crippen molar-refractivity contribution in [2.45, 2.75) is 0 Å². The van der Waals surface area contributed by atoms with Gasteiger partial charge in [-0.05, 0) is 11.1 Å². The van der Waals surface area contributed by atoms with E-state index >= 15 is 0 Å². The fraction of sp³-hybridized carbons (Fsp3) is 0.125. The highest BCUT2D eigenvalue weighted by Crippen LogP contribution is 1.85. The predicted octanol–water partition coefficient (Wildman–Crippen LogP) is 1.63. The first-order valence-electron chi connectivity index (χ1n) is 2.84. The zero-order valence-corrected chi connectivity index (χ0v) is 7.43. The minimum Gasteiger partial charge on any atom is -0.449 e. The molecule has 0 fully saturated rings. The molecule has 0 N–H and O–H groups in total. The van der Waals surface area contributed by atoms with Gasteiger partial charge in [-0.25, -0.2) is 4.79 Å². The van der Waals surface area contributed by atoms with E-state index in [1.165, 1.54) is 17.1 Å². The number of ether oxygens (including phenoxy) is 1. The summed E-state index contributed by atoms with van der Waals surface area (Å²) in [5.74, 6) is 4.69. The summed E-state index contributed by atoms with van der Waals surface area (Å²) in [4.78, 5) is 12.0. The van der Waals surface area contributed by atoms with Crippen LogP contribution in [-0.4, -0.2) is 12.6 Å². The number of hydrogen-bond acceptors (Lipinski definition) is 2. The Hall–Kier alpha value is -1.01. The number of carbonyl (C=O) groups excluding carboxylic acids is 1. The standard InChI is InChI=1S/C8H7BrO2/c1-2-3-4-7-11-8(10)5-6-9/h2,5-6H,1,7H2/b6-5-. The van der Waals surface area contributed by atoms with Gasteiger partial charge in [0.15, 0.2) is 6.61 Å². The highest BCUT2D eigenvalue weighted by molar-refractivity contribution is 9.11. The third-order valence-corrected chi connectivity index (χ3v) is 0.954. The van der Waals surface area contributed by atoms with Crippen LogP contribution >= 0.6 is 15.9 Å². The third kappa shape index (κ3) is 6.88. The van der Waals surface area contributed by atoms with E-state index < -0.39 is 5.97 Å². The van der Waals surface area contributed by atoms with E-state index in [1.807, 2.05) is 0 Å². The van der Waals surface area contributed by atoms with E-state index in [1.54, 1.807) is 0 Å². The van der Waals surface area contributed by atoms with E-state index in [-0.39, 0.29) is 6.61 Å². The minimum absolute atomic E-state index is 0.0994. The lowest BCUT2D eigenvalue weighted by Crippen LogP contribution is -1.99. The molecule has 0 aliphatic rings. The van der Waals surface area contributed by atoms with Gasteiger partial charge >= 0.3 is 5.97 Å². The van der Waals surface area contributed by atoms with Crippen LogP contribution in [0.2, 0.25) is 0 Å². The van der Waals surface area contributed by atoms with Gasteiger partial charge in [-0.2, -0.15) is 0 Å². The van der Waals surface area contributed by atoms with Crippen molar-refractivity contribution in [3.8, 4) is 11.8 Å². The van der Waals surface area contributed by atoms with Crippen molar-refractivity contribution in [1.29, 1.82) is 0 Å². The molecule has 0 saturated carbocycles. The van der Waals surface area contributed by atoms with Gasteiger partial charge in [0.2, 0.25) is 0 Å². The fourth-order valence-corrected chi connectivity index (χ4v) is 0.536. The quantitative estimate of drug-likeness (QED) is 0.397. The number of allylic oxidation sites excluding steroid dienone is 1. The summed E-state index contributed by atoms with van der Waals surface area (Å²) in [6.45, 7) is 3.48. The topological polar surface area (TPSA) is 26.3 Å².